The van der Waals surface area contributed by atoms with E-state index in [1.807, 2.05) is 28.7 Å². The minimum Gasteiger partial charge on any atom is -0.268 e. The van der Waals surface area contributed by atoms with Crippen molar-refractivity contribution in [1.29, 1.82) is 5.26 Å². The molecule has 1 aromatic carbocycles. The lowest BCUT2D eigenvalue weighted by atomic mass is 10.1. The fraction of sp³-hybridized carbons (Fsp3) is 0.0833. The molecular weight excluding hydrogens is 348 g/mol. The van der Waals surface area contributed by atoms with Crippen LogP contribution in [0.2, 0.25) is 0 Å². The van der Waals surface area contributed by atoms with Crippen LogP contribution in [-0.2, 0) is 6.54 Å². The van der Waals surface area contributed by atoms with Gasteiger partial charge in [0.25, 0.3) is 5.56 Å². The maximum absolute atomic E-state index is 13.1. The monoisotopic (exact) mass is 355 g/mol. The molecule has 0 atom stereocenters. The van der Waals surface area contributed by atoms with Crippen LogP contribution in [-0.4, -0.2) is 9.78 Å². The zero-order valence-electron chi connectivity index (χ0n) is 9.10. The maximum Gasteiger partial charge on any atom is 0.268 e. The molecule has 0 N–H and O–H groups in total. The van der Waals surface area contributed by atoms with Gasteiger partial charge in [-0.1, -0.05) is 0 Å². The summed E-state index contributed by atoms with van der Waals surface area (Å²) in [4.78, 5) is 11.6. The summed E-state index contributed by atoms with van der Waals surface area (Å²) in [7, 11) is 0. The second-order valence-electron chi connectivity index (χ2n) is 3.58. The average Bonchev–Trinajstić information content (AvgIpc) is 2.33. The molecule has 0 unspecified atom stereocenters. The van der Waals surface area contributed by atoms with Gasteiger partial charge in [-0.05, 0) is 46.4 Å². The van der Waals surface area contributed by atoms with Crippen molar-refractivity contribution in [1.82, 2.24) is 9.78 Å². The minimum atomic E-state index is -0.442. The van der Waals surface area contributed by atoms with Gasteiger partial charge in [0.05, 0.1) is 24.4 Å². The molecule has 0 bridgehead atoms. The number of rotatable bonds is 2. The molecule has 2 rings (SSSR count). The van der Waals surface area contributed by atoms with Crippen molar-refractivity contribution in [3.8, 4) is 6.07 Å². The molecule has 0 aliphatic carbocycles. The van der Waals surface area contributed by atoms with Crippen LogP contribution < -0.4 is 5.56 Å². The van der Waals surface area contributed by atoms with Crippen molar-refractivity contribution in [2.24, 2.45) is 0 Å². The normalized spacial score (nSPS) is 10.1. The summed E-state index contributed by atoms with van der Waals surface area (Å²) in [6.07, 6.45) is 1.54. The van der Waals surface area contributed by atoms with E-state index in [9.17, 15) is 9.18 Å². The molecule has 0 aliphatic heterocycles. The molecule has 2 aromatic rings. The zero-order chi connectivity index (χ0) is 13.1. The Morgan fingerprint density at radius 1 is 1.44 bits per heavy atom. The lowest BCUT2D eigenvalue weighted by Crippen LogP contribution is -2.23. The van der Waals surface area contributed by atoms with Crippen molar-refractivity contribution >= 4 is 22.6 Å². The Balaban J connectivity index is 2.43. The minimum absolute atomic E-state index is 0.0798. The van der Waals surface area contributed by atoms with Gasteiger partial charge in [0.1, 0.15) is 5.82 Å². The number of hydrogen-bond donors (Lipinski definition) is 0. The van der Waals surface area contributed by atoms with E-state index in [4.69, 9.17) is 5.26 Å². The molecule has 0 spiro atoms. The van der Waals surface area contributed by atoms with Crippen LogP contribution in [0.25, 0.3) is 0 Å². The maximum atomic E-state index is 13.1. The van der Waals surface area contributed by atoms with Gasteiger partial charge < -0.3 is 0 Å². The Kier molecular flexibility index (Phi) is 3.72. The molecule has 0 amide bonds. The van der Waals surface area contributed by atoms with E-state index < -0.39 is 5.82 Å². The Bertz CT molecular complexity index is 690. The molecule has 1 heterocycles. The van der Waals surface area contributed by atoms with E-state index in [0.29, 0.717) is 11.1 Å². The van der Waals surface area contributed by atoms with Crippen molar-refractivity contribution in [3.63, 3.8) is 0 Å². The smallest absolute Gasteiger partial charge is 0.268 e. The third kappa shape index (κ3) is 2.73. The van der Waals surface area contributed by atoms with E-state index in [-0.39, 0.29) is 12.1 Å². The van der Waals surface area contributed by atoms with Crippen LogP contribution in [0.3, 0.4) is 0 Å². The van der Waals surface area contributed by atoms with Gasteiger partial charge in [-0.15, -0.1) is 0 Å². The van der Waals surface area contributed by atoms with Gasteiger partial charge in [0.2, 0.25) is 0 Å². The highest BCUT2D eigenvalue weighted by Crippen LogP contribution is 2.11. The number of nitrogens with zero attached hydrogens (tertiary/aromatic N) is 3. The molecule has 90 valence electrons. The summed E-state index contributed by atoms with van der Waals surface area (Å²) in [5.74, 6) is -0.442. The van der Waals surface area contributed by atoms with Crippen LogP contribution in [0, 0.1) is 20.7 Å². The lowest BCUT2D eigenvalue weighted by Gasteiger charge is -2.06. The van der Waals surface area contributed by atoms with E-state index in [1.165, 1.54) is 35.1 Å². The summed E-state index contributed by atoms with van der Waals surface area (Å²) in [6, 6.07) is 7.24. The van der Waals surface area contributed by atoms with Crippen molar-refractivity contribution in [3.05, 3.63) is 61.3 Å². The van der Waals surface area contributed by atoms with Crippen molar-refractivity contribution < 1.29 is 4.39 Å². The van der Waals surface area contributed by atoms with Crippen LogP contribution >= 0.6 is 22.6 Å². The summed E-state index contributed by atoms with van der Waals surface area (Å²) in [5, 5.41) is 12.9. The third-order valence-corrected chi connectivity index (χ3v) is 2.93. The summed E-state index contributed by atoms with van der Waals surface area (Å²) >= 11 is 1.98. The second-order valence-corrected chi connectivity index (χ2v) is 4.83. The summed E-state index contributed by atoms with van der Waals surface area (Å²) in [6.45, 7) is 0.0798. The third-order valence-electron chi connectivity index (χ3n) is 2.34. The first-order valence-corrected chi connectivity index (χ1v) is 6.09. The predicted molar refractivity (Wildman–Crippen MR) is 71.4 cm³/mol. The first kappa shape index (κ1) is 12.7. The Morgan fingerprint density at radius 3 is 2.89 bits per heavy atom. The molecular formula is C12H7FIN3O. The quantitative estimate of drug-likeness (QED) is 0.774. The molecule has 0 fully saturated rings. The number of hydrogen-bond acceptors (Lipinski definition) is 3. The fourth-order valence-electron chi connectivity index (χ4n) is 1.49. The fourth-order valence-corrected chi connectivity index (χ4v) is 1.88. The van der Waals surface area contributed by atoms with Crippen LogP contribution in [0.1, 0.15) is 11.1 Å². The highest BCUT2D eigenvalue weighted by atomic mass is 127. The summed E-state index contributed by atoms with van der Waals surface area (Å²) < 4.78 is 15.1. The molecule has 0 aliphatic rings. The number of halogens is 2. The van der Waals surface area contributed by atoms with E-state index in [0.717, 1.165) is 3.57 Å². The zero-order valence-corrected chi connectivity index (χ0v) is 11.3. The number of nitriles is 1. The van der Waals surface area contributed by atoms with Crippen molar-refractivity contribution in [2.75, 3.05) is 0 Å². The standard InChI is InChI=1S/C12H7FIN3O/c13-10-2-1-8(5-15)9(3-10)7-17-12(18)4-11(14)6-16-17/h1-4,6H,7H2. The van der Waals surface area contributed by atoms with Crippen molar-refractivity contribution in [2.45, 2.75) is 6.54 Å². The molecule has 4 nitrogen and oxygen atoms in total. The predicted octanol–water partition coefficient (Wildman–Crippen LogP) is 1.91. The van der Waals surface area contributed by atoms with Gasteiger partial charge >= 0.3 is 0 Å². The lowest BCUT2D eigenvalue weighted by molar-refractivity contribution is 0.609. The topological polar surface area (TPSA) is 58.7 Å². The first-order valence-electron chi connectivity index (χ1n) is 5.01. The molecule has 0 saturated carbocycles. The van der Waals surface area contributed by atoms with E-state index in [1.54, 1.807) is 0 Å². The highest BCUT2D eigenvalue weighted by Gasteiger charge is 2.06. The molecule has 0 radical (unpaired) electrons. The van der Waals surface area contributed by atoms with Gasteiger partial charge in [0, 0.05) is 9.64 Å². The summed E-state index contributed by atoms with van der Waals surface area (Å²) in [5.41, 5.74) is 0.493. The van der Waals surface area contributed by atoms with Gasteiger partial charge in [-0.25, -0.2) is 9.07 Å². The van der Waals surface area contributed by atoms with Gasteiger partial charge in [0.15, 0.2) is 0 Å². The SMILES string of the molecule is N#Cc1ccc(F)cc1Cn1ncc(I)cc1=O. The Labute approximate surface area is 116 Å². The highest BCUT2D eigenvalue weighted by molar-refractivity contribution is 14.1. The first-order chi connectivity index (χ1) is 8.60. The number of aromatic nitrogens is 2. The molecule has 6 heteroatoms. The molecule has 18 heavy (non-hydrogen) atoms. The largest absolute Gasteiger partial charge is 0.268 e. The van der Waals surface area contributed by atoms with Gasteiger partial charge in [-0.2, -0.15) is 10.4 Å². The van der Waals surface area contributed by atoms with Crippen LogP contribution in [0.4, 0.5) is 4.39 Å². The van der Waals surface area contributed by atoms with Gasteiger partial charge in [-0.3, -0.25) is 4.79 Å². The van der Waals surface area contributed by atoms with E-state index >= 15 is 0 Å². The molecule has 1 aromatic heterocycles. The van der Waals surface area contributed by atoms with Crippen LogP contribution in [0.15, 0.2) is 35.3 Å². The Morgan fingerprint density at radius 2 is 2.22 bits per heavy atom. The Hall–Kier alpha value is -1.75. The molecule has 0 saturated heterocycles. The number of benzene rings is 1. The van der Waals surface area contributed by atoms with Crippen LogP contribution in [0.5, 0.6) is 0 Å². The van der Waals surface area contributed by atoms with E-state index in [2.05, 4.69) is 5.10 Å². The second kappa shape index (κ2) is 5.27. The average molecular weight is 355 g/mol.